The highest BCUT2D eigenvalue weighted by molar-refractivity contribution is 5.80. The summed E-state index contributed by atoms with van der Waals surface area (Å²) in [6.45, 7) is 16.2. The second kappa shape index (κ2) is 10.9. The number of aliphatic hydroxyl groups excluding tert-OH is 1. The Labute approximate surface area is 238 Å². The van der Waals surface area contributed by atoms with Crippen LogP contribution in [0.15, 0.2) is 0 Å². The van der Waals surface area contributed by atoms with Crippen molar-refractivity contribution in [1.82, 2.24) is 21.3 Å². The first-order valence-corrected chi connectivity index (χ1v) is 16.9. The molecule has 6 rings (SSSR count). The molecule has 16 unspecified atom stereocenters. The van der Waals surface area contributed by atoms with Crippen LogP contribution in [0.1, 0.15) is 93.4 Å². The van der Waals surface area contributed by atoms with E-state index in [1.54, 1.807) is 0 Å². The number of Topliss-reactive ketones (excluding diaryl/α,β-unsaturated/α-hetero) is 1. The Kier molecular flexibility index (Phi) is 8.02. The van der Waals surface area contributed by atoms with Crippen molar-refractivity contribution in [1.29, 1.82) is 0 Å². The third-order valence-corrected chi connectivity index (χ3v) is 13.5. The largest absolute Gasteiger partial charge is 0.393 e. The summed E-state index contributed by atoms with van der Waals surface area (Å²) >= 11 is 0. The van der Waals surface area contributed by atoms with Crippen LogP contribution in [0.3, 0.4) is 0 Å². The van der Waals surface area contributed by atoms with Crippen molar-refractivity contribution >= 4 is 5.78 Å². The molecule has 8 bridgehead atoms. The molecule has 5 aliphatic heterocycles. The van der Waals surface area contributed by atoms with E-state index in [-0.39, 0.29) is 18.1 Å². The summed E-state index contributed by atoms with van der Waals surface area (Å²) in [4.78, 5) is 13.0. The molecule has 222 valence electrons. The number of carbonyl (C=O) groups excluding carboxylic acids is 1. The highest BCUT2D eigenvalue weighted by Crippen LogP contribution is 2.50. The van der Waals surface area contributed by atoms with Crippen molar-refractivity contribution in [2.24, 2.45) is 53.3 Å². The fourth-order valence-corrected chi connectivity index (χ4v) is 11.5. The zero-order valence-corrected chi connectivity index (χ0v) is 25.7. The summed E-state index contributed by atoms with van der Waals surface area (Å²) in [7, 11) is 0. The van der Waals surface area contributed by atoms with Gasteiger partial charge in [0.05, 0.1) is 6.10 Å². The second-order valence-corrected chi connectivity index (χ2v) is 15.2. The van der Waals surface area contributed by atoms with Gasteiger partial charge in [0.2, 0.25) is 0 Å². The summed E-state index contributed by atoms with van der Waals surface area (Å²) < 4.78 is 0. The molecular formula is C33H58N4O2. The van der Waals surface area contributed by atoms with Crippen LogP contribution >= 0.6 is 0 Å². The molecule has 6 fully saturated rings. The molecule has 0 amide bonds. The molecule has 5 saturated heterocycles. The molecule has 6 nitrogen and oxygen atoms in total. The zero-order chi connectivity index (χ0) is 27.7. The van der Waals surface area contributed by atoms with Crippen LogP contribution in [0, 0.1) is 53.3 Å². The fraction of sp³-hybridized carbons (Fsp3) is 0.970. The predicted octanol–water partition coefficient (Wildman–Crippen LogP) is 3.72. The van der Waals surface area contributed by atoms with E-state index < -0.39 is 0 Å². The average Bonchev–Trinajstić information content (AvgIpc) is 3.63. The van der Waals surface area contributed by atoms with Crippen molar-refractivity contribution < 1.29 is 9.90 Å². The van der Waals surface area contributed by atoms with E-state index >= 15 is 0 Å². The van der Waals surface area contributed by atoms with Gasteiger partial charge < -0.3 is 26.4 Å². The first-order chi connectivity index (χ1) is 18.6. The van der Waals surface area contributed by atoms with E-state index in [4.69, 9.17) is 0 Å². The summed E-state index contributed by atoms with van der Waals surface area (Å²) in [5, 5.41) is 28.0. The van der Waals surface area contributed by atoms with Crippen LogP contribution in [0.4, 0.5) is 0 Å². The third-order valence-electron chi connectivity index (χ3n) is 13.5. The monoisotopic (exact) mass is 542 g/mol. The molecule has 0 spiro atoms. The molecule has 5 N–H and O–H groups in total. The van der Waals surface area contributed by atoms with Gasteiger partial charge in [-0.05, 0) is 80.5 Å². The highest BCUT2D eigenvalue weighted by Gasteiger charge is 2.58. The standard InChI is InChI=1S/C33H58N4O2/c1-8-10-21-16(4)24-12-25-17(5)30(19(7)38)28(35-25)14-23-15(3)20(9-2)27(34-23)13-26-18(6)31-29(39)11-22(32(21)36-24)33(31)37-26/h15-18,20-37,39H,8-14H2,1-7H3/t15-,16?,17?,18?,20-,21?,22?,23?,24?,25?,26?,27?,28?,29?,30?,31?,32?,33?/m1/s1. The number of rotatable bonds is 4. The van der Waals surface area contributed by atoms with Crippen LogP contribution in [-0.4, -0.2) is 65.3 Å². The molecule has 5 heterocycles. The minimum Gasteiger partial charge on any atom is -0.393 e. The first kappa shape index (κ1) is 28.6. The highest BCUT2D eigenvalue weighted by atomic mass is 16.3. The second-order valence-electron chi connectivity index (χ2n) is 15.2. The SMILES string of the molecule is CCCC1C(C)C2CC3NC(CC4NC(CC5NC6C(CC(O)C6C5C)C1N2)[C@H](CC)[C@H]4C)C(C(C)=O)C3C. The van der Waals surface area contributed by atoms with Gasteiger partial charge in [0.25, 0.3) is 0 Å². The van der Waals surface area contributed by atoms with Gasteiger partial charge in [0.1, 0.15) is 5.78 Å². The van der Waals surface area contributed by atoms with E-state index in [9.17, 15) is 9.90 Å². The van der Waals surface area contributed by atoms with Gasteiger partial charge in [-0.25, -0.2) is 0 Å². The molecule has 18 atom stereocenters. The van der Waals surface area contributed by atoms with Gasteiger partial charge in [-0.3, -0.25) is 4.79 Å². The normalized spacial score (nSPS) is 56.8. The molecule has 0 aromatic carbocycles. The molecule has 0 aromatic heterocycles. The molecule has 6 aliphatic rings. The number of fused-ring (bicyclic) bond motifs is 8. The first-order valence-electron chi connectivity index (χ1n) is 16.9. The van der Waals surface area contributed by atoms with Gasteiger partial charge in [-0.15, -0.1) is 0 Å². The van der Waals surface area contributed by atoms with Crippen LogP contribution in [-0.2, 0) is 4.79 Å². The topological polar surface area (TPSA) is 85.4 Å². The van der Waals surface area contributed by atoms with Crippen molar-refractivity contribution in [2.45, 2.75) is 148 Å². The summed E-state index contributed by atoms with van der Waals surface area (Å²) in [6.07, 6.45) is 7.71. The summed E-state index contributed by atoms with van der Waals surface area (Å²) in [6, 6.07) is 3.41. The third kappa shape index (κ3) is 4.67. The van der Waals surface area contributed by atoms with Crippen LogP contribution in [0.5, 0.6) is 0 Å². The molecule has 0 radical (unpaired) electrons. The summed E-state index contributed by atoms with van der Waals surface area (Å²) in [5.41, 5.74) is 0. The van der Waals surface area contributed by atoms with E-state index in [1.165, 1.54) is 19.3 Å². The average molecular weight is 543 g/mol. The van der Waals surface area contributed by atoms with Gasteiger partial charge in [-0.2, -0.15) is 0 Å². The van der Waals surface area contributed by atoms with Gasteiger partial charge in [0.15, 0.2) is 0 Å². The number of aliphatic hydroxyl groups is 1. The minimum absolute atomic E-state index is 0.112. The van der Waals surface area contributed by atoms with Gasteiger partial charge >= 0.3 is 0 Å². The van der Waals surface area contributed by atoms with Crippen molar-refractivity contribution in [3.63, 3.8) is 0 Å². The molecule has 39 heavy (non-hydrogen) atoms. The predicted molar refractivity (Wildman–Crippen MR) is 157 cm³/mol. The maximum atomic E-state index is 13.0. The number of hydrogen-bond acceptors (Lipinski definition) is 6. The quantitative estimate of drug-likeness (QED) is 0.372. The van der Waals surface area contributed by atoms with E-state index in [2.05, 4.69) is 62.8 Å². The van der Waals surface area contributed by atoms with Crippen molar-refractivity contribution in [3.8, 4) is 0 Å². The molecule has 1 saturated carbocycles. The van der Waals surface area contributed by atoms with Crippen LogP contribution in [0.25, 0.3) is 0 Å². The van der Waals surface area contributed by atoms with E-state index in [0.29, 0.717) is 95.4 Å². The Morgan fingerprint density at radius 3 is 1.95 bits per heavy atom. The Balaban J connectivity index is 1.36. The number of carbonyl (C=O) groups is 1. The molecule has 1 aliphatic carbocycles. The van der Waals surface area contributed by atoms with E-state index in [0.717, 1.165) is 25.7 Å². The lowest BCUT2D eigenvalue weighted by molar-refractivity contribution is -0.122. The van der Waals surface area contributed by atoms with E-state index in [1.807, 2.05) is 6.92 Å². The van der Waals surface area contributed by atoms with Crippen LogP contribution in [0.2, 0.25) is 0 Å². The maximum Gasteiger partial charge on any atom is 0.134 e. The Morgan fingerprint density at radius 1 is 0.692 bits per heavy atom. The number of nitrogens with one attached hydrogen (secondary N) is 4. The number of ketones is 1. The van der Waals surface area contributed by atoms with Crippen molar-refractivity contribution in [2.75, 3.05) is 0 Å². The van der Waals surface area contributed by atoms with Gasteiger partial charge in [-0.1, -0.05) is 54.4 Å². The maximum absolute atomic E-state index is 13.0. The number of hydrogen-bond donors (Lipinski definition) is 5. The fourth-order valence-electron chi connectivity index (χ4n) is 11.5. The molecule has 6 heteroatoms. The summed E-state index contributed by atoms with van der Waals surface area (Å²) in [5.74, 6) is 4.76. The van der Waals surface area contributed by atoms with Gasteiger partial charge in [0, 0.05) is 60.2 Å². The lowest BCUT2D eigenvalue weighted by atomic mass is 9.76. The smallest absolute Gasteiger partial charge is 0.134 e. The Hall–Kier alpha value is -0.530. The zero-order valence-electron chi connectivity index (χ0n) is 25.7. The lowest BCUT2D eigenvalue weighted by Gasteiger charge is -2.32. The Bertz CT molecular complexity index is 899. The molecule has 0 aromatic rings. The molecular weight excluding hydrogens is 484 g/mol. The minimum atomic E-state index is -0.191. The van der Waals surface area contributed by atoms with Crippen molar-refractivity contribution in [3.05, 3.63) is 0 Å². The lowest BCUT2D eigenvalue weighted by Crippen LogP contribution is -2.48. The van der Waals surface area contributed by atoms with Crippen LogP contribution < -0.4 is 21.3 Å². The Morgan fingerprint density at radius 2 is 1.26 bits per heavy atom.